The van der Waals surface area contributed by atoms with Crippen LogP contribution in [-0.4, -0.2) is 34.9 Å². The number of unbranched alkanes of at least 4 members (excludes halogenated alkanes) is 44. The van der Waals surface area contributed by atoms with E-state index in [-0.39, 0.29) is 12.5 Å². The standard InChI is InChI=1S/C64H121NO3/c1-3-5-7-9-11-13-15-17-19-21-22-23-24-25-26-27-28-29-30-31-32-33-34-35-36-37-38-39-40-41-42-44-46-48-50-52-54-56-58-60-64(68)65-62(61-66)63(67)59-57-55-53-51-49-47-45-43-20-18-16-14-12-10-8-6-4-2/h15,17,21-22,49,51,57,59,62-63,66-67H,3-14,16,18-20,23-48,50,52-56,58,60-61H2,1-2H3,(H,65,68)/b17-15-,22-21-,51-49+,59-57+. The first kappa shape index (κ1) is 66.3. The highest BCUT2D eigenvalue weighted by Gasteiger charge is 2.18. The van der Waals surface area contributed by atoms with Crippen LogP contribution in [0.1, 0.15) is 335 Å². The molecule has 0 heterocycles. The molecule has 0 spiro atoms. The summed E-state index contributed by atoms with van der Waals surface area (Å²) in [6, 6.07) is -0.638. The number of rotatable bonds is 57. The van der Waals surface area contributed by atoms with Crippen LogP contribution in [0.5, 0.6) is 0 Å². The van der Waals surface area contributed by atoms with Crippen LogP contribution in [0.2, 0.25) is 0 Å². The molecule has 400 valence electrons. The molecule has 2 atom stereocenters. The molecule has 1 amide bonds. The number of allylic oxidation sites excluding steroid dienone is 7. The summed E-state index contributed by atoms with van der Waals surface area (Å²) in [5.74, 6) is -0.0682. The molecule has 0 aromatic rings. The van der Waals surface area contributed by atoms with Gasteiger partial charge in [-0.05, 0) is 64.2 Å². The molecule has 0 aromatic carbocycles. The fraction of sp³-hybridized carbons (Fsp3) is 0.859. The van der Waals surface area contributed by atoms with Gasteiger partial charge in [0.2, 0.25) is 5.91 Å². The number of carbonyl (C=O) groups is 1. The third-order valence-corrected chi connectivity index (χ3v) is 14.3. The van der Waals surface area contributed by atoms with Crippen molar-refractivity contribution in [1.82, 2.24) is 5.32 Å². The average molecular weight is 953 g/mol. The van der Waals surface area contributed by atoms with Crippen molar-refractivity contribution in [3.8, 4) is 0 Å². The van der Waals surface area contributed by atoms with Crippen LogP contribution in [0.15, 0.2) is 48.6 Å². The van der Waals surface area contributed by atoms with Gasteiger partial charge in [-0.15, -0.1) is 0 Å². The Morgan fingerprint density at radius 1 is 0.353 bits per heavy atom. The molecule has 0 saturated carbocycles. The predicted molar refractivity (Wildman–Crippen MR) is 304 cm³/mol. The third kappa shape index (κ3) is 55.3. The van der Waals surface area contributed by atoms with Crippen molar-refractivity contribution in [3.05, 3.63) is 48.6 Å². The summed E-state index contributed by atoms with van der Waals surface area (Å²) in [6.07, 6.45) is 83.1. The van der Waals surface area contributed by atoms with E-state index < -0.39 is 12.1 Å². The van der Waals surface area contributed by atoms with Crippen molar-refractivity contribution in [2.75, 3.05) is 6.61 Å². The predicted octanol–water partition coefficient (Wildman–Crippen LogP) is 20.6. The summed E-state index contributed by atoms with van der Waals surface area (Å²) in [5, 5.41) is 23.1. The van der Waals surface area contributed by atoms with E-state index >= 15 is 0 Å². The number of hydrogen-bond donors (Lipinski definition) is 3. The van der Waals surface area contributed by atoms with Crippen molar-refractivity contribution in [2.24, 2.45) is 0 Å². The Morgan fingerprint density at radius 2 is 0.618 bits per heavy atom. The van der Waals surface area contributed by atoms with E-state index in [1.807, 2.05) is 6.08 Å². The molecule has 0 aliphatic heterocycles. The number of amides is 1. The van der Waals surface area contributed by atoms with Crippen molar-refractivity contribution < 1.29 is 15.0 Å². The van der Waals surface area contributed by atoms with Gasteiger partial charge >= 0.3 is 0 Å². The average Bonchev–Trinajstić information content (AvgIpc) is 3.34. The largest absolute Gasteiger partial charge is 0.394 e. The van der Waals surface area contributed by atoms with Crippen LogP contribution < -0.4 is 5.32 Å². The summed E-state index contributed by atoms with van der Waals surface area (Å²) in [4.78, 5) is 12.5. The summed E-state index contributed by atoms with van der Waals surface area (Å²) < 4.78 is 0. The Hall–Kier alpha value is -1.65. The highest BCUT2D eigenvalue weighted by molar-refractivity contribution is 5.76. The maximum absolute atomic E-state index is 12.5. The normalized spacial score (nSPS) is 13.1. The number of aliphatic hydroxyl groups is 2. The van der Waals surface area contributed by atoms with Gasteiger partial charge in [-0.25, -0.2) is 0 Å². The van der Waals surface area contributed by atoms with E-state index in [2.05, 4.69) is 55.6 Å². The van der Waals surface area contributed by atoms with Crippen LogP contribution in [0.25, 0.3) is 0 Å². The Balaban J connectivity index is 3.41. The van der Waals surface area contributed by atoms with Crippen LogP contribution >= 0.6 is 0 Å². The van der Waals surface area contributed by atoms with E-state index in [1.54, 1.807) is 6.08 Å². The van der Waals surface area contributed by atoms with Crippen molar-refractivity contribution >= 4 is 5.91 Å². The molecule has 0 aliphatic carbocycles. The molecule has 4 nitrogen and oxygen atoms in total. The van der Waals surface area contributed by atoms with Crippen LogP contribution in [0.3, 0.4) is 0 Å². The molecule has 0 radical (unpaired) electrons. The molecular weight excluding hydrogens is 831 g/mol. The summed E-state index contributed by atoms with van der Waals surface area (Å²) in [7, 11) is 0. The smallest absolute Gasteiger partial charge is 0.220 e. The lowest BCUT2D eigenvalue weighted by molar-refractivity contribution is -0.123. The Morgan fingerprint density at radius 3 is 0.941 bits per heavy atom. The van der Waals surface area contributed by atoms with Gasteiger partial charge < -0.3 is 15.5 Å². The van der Waals surface area contributed by atoms with Crippen LogP contribution in [0.4, 0.5) is 0 Å². The first-order chi connectivity index (χ1) is 33.7. The van der Waals surface area contributed by atoms with E-state index in [0.29, 0.717) is 6.42 Å². The second kappa shape index (κ2) is 59.7. The Labute approximate surface area is 426 Å². The maximum Gasteiger partial charge on any atom is 0.220 e. The molecule has 3 N–H and O–H groups in total. The second-order valence-corrected chi connectivity index (χ2v) is 21.1. The number of nitrogens with one attached hydrogen (secondary N) is 1. The van der Waals surface area contributed by atoms with Gasteiger partial charge in [0.15, 0.2) is 0 Å². The Bertz CT molecular complexity index is 1080. The summed E-state index contributed by atoms with van der Waals surface area (Å²) in [5.41, 5.74) is 0. The topological polar surface area (TPSA) is 69.6 Å². The lowest BCUT2D eigenvalue weighted by Crippen LogP contribution is -2.45. The molecule has 0 bridgehead atoms. The minimum Gasteiger partial charge on any atom is -0.394 e. The van der Waals surface area contributed by atoms with Gasteiger partial charge in [0, 0.05) is 6.42 Å². The van der Waals surface area contributed by atoms with Crippen molar-refractivity contribution in [2.45, 2.75) is 347 Å². The SMILES string of the molecule is CCCCCCC/C=C\C/C=C\CCCCCCCCCCCCCCCCCCCCCCCCCCCCCC(=O)NC(CO)C(O)/C=C/CC/C=C/CCCCCCCCCCCCC. The summed E-state index contributed by atoms with van der Waals surface area (Å²) in [6.45, 7) is 4.31. The number of hydrogen-bond acceptors (Lipinski definition) is 3. The lowest BCUT2D eigenvalue weighted by atomic mass is 10.0. The highest BCUT2D eigenvalue weighted by Crippen LogP contribution is 2.18. The van der Waals surface area contributed by atoms with Crippen molar-refractivity contribution in [1.29, 1.82) is 0 Å². The minimum atomic E-state index is -0.861. The maximum atomic E-state index is 12.5. The molecule has 4 heteroatoms. The molecular formula is C64H121NO3. The molecule has 0 rings (SSSR count). The number of carbonyl (C=O) groups excluding carboxylic acids is 1. The number of aliphatic hydroxyl groups excluding tert-OH is 2. The molecule has 68 heavy (non-hydrogen) atoms. The second-order valence-electron chi connectivity index (χ2n) is 21.1. The monoisotopic (exact) mass is 952 g/mol. The van der Waals surface area contributed by atoms with Gasteiger partial charge in [0.25, 0.3) is 0 Å². The molecule has 0 fully saturated rings. The first-order valence-electron chi connectivity index (χ1n) is 30.9. The molecule has 2 unspecified atom stereocenters. The van der Waals surface area contributed by atoms with Gasteiger partial charge in [0.1, 0.15) is 0 Å². The molecule has 0 aromatic heterocycles. The molecule has 0 saturated heterocycles. The summed E-state index contributed by atoms with van der Waals surface area (Å²) >= 11 is 0. The fourth-order valence-electron chi connectivity index (χ4n) is 9.58. The van der Waals surface area contributed by atoms with Gasteiger partial charge in [-0.1, -0.05) is 313 Å². The zero-order chi connectivity index (χ0) is 49.2. The third-order valence-electron chi connectivity index (χ3n) is 14.3. The first-order valence-corrected chi connectivity index (χ1v) is 30.9. The zero-order valence-corrected chi connectivity index (χ0v) is 46.1. The van der Waals surface area contributed by atoms with E-state index in [9.17, 15) is 15.0 Å². The van der Waals surface area contributed by atoms with Gasteiger partial charge in [-0.3, -0.25) is 4.79 Å². The van der Waals surface area contributed by atoms with Crippen LogP contribution in [-0.2, 0) is 4.79 Å². The van der Waals surface area contributed by atoms with E-state index in [4.69, 9.17) is 0 Å². The Kier molecular flexibility index (Phi) is 58.2. The molecule has 0 aliphatic rings. The quantitative estimate of drug-likeness (QED) is 0.0420. The highest BCUT2D eigenvalue weighted by atomic mass is 16.3. The van der Waals surface area contributed by atoms with Gasteiger partial charge in [0.05, 0.1) is 18.8 Å². The zero-order valence-electron chi connectivity index (χ0n) is 46.1. The van der Waals surface area contributed by atoms with E-state index in [1.165, 1.54) is 276 Å². The van der Waals surface area contributed by atoms with Crippen molar-refractivity contribution in [3.63, 3.8) is 0 Å². The lowest BCUT2D eigenvalue weighted by Gasteiger charge is -2.19. The van der Waals surface area contributed by atoms with Gasteiger partial charge in [-0.2, -0.15) is 0 Å². The fourth-order valence-corrected chi connectivity index (χ4v) is 9.58. The van der Waals surface area contributed by atoms with Crippen LogP contribution in [0, 0.1) is 0 Å². The van der Waals surface area contributed by atoms with E-state index in [0.717, 1.165) is 38.5 Å². The minimum absolute atomic E-state index is 0.0682.